The largest absolute Gasteiger partial charge is 0.310 e. The van der Waals surface area contributed by atoms with Crippen LogP contribution in [0.4, 0.5) is 0 Å². The number of rotatable bonds is 4. The Bertz CT molecular complexity index is 501. The van der Waals surface area contributed by atoms with Crippen LogP contribution in [0, 0.1) is 6.92 Å². The van der Waals surface area contributed by atoms with Crippen LogP contribution in [0.15, 0.2) is 24.8 Å². The van der Waals surface area contributed by atoms with Gasteiger partial charge in [0.2, 0.25) is 0 Å². The maximum atomic E-state index is 4.36. The Labute approximate surface area is 99.9 Å². The van der Waals surface area contributed by atoms with Crippen LogP contribution in [0.25, 0.3) is 5.82 Å². The SMILES string of the molecule is Cc1c(CNC2CC2)cnn1-c1cnccn1. The first-order valence-electron chi connectivity index (χ1n) is 5.88. The van der Waals surface area contributed by atoms with E-state index in [1.807, 2.05) is 10.9 Å². The van der Waals surface area contributed by atoms with Crippen LogP contribution in [0.5, 0.6) is 0 Å². The molecule has 0 spiro atoms. The highest BCUT2D eigenvalue weighted by atomic mass is 15.3. The first-order chi connectivity index (χ1) is 8.34. The van der Waals surface area contributed by atoms with Gasteiger partial charge in [-0.25, -0.2) is 9.67 Å². The summed E-state index contributed by atoms with van der Waals surface area (Å²) < 4.78 is 1.83. The maximum absolute atomic E-state index is 4.36. The molecule has 0 atom stereocenters. The number of hydrogen-bond donors (Lipinski definition) is 1. The van der Waals surface area contributed by atoms with E-state index in [2.05, 4.69) is 27.3 Å². The molecule has 17 heavy (non-hydrogen) atoms. The number of aromatic nitrogens is 4. The van der Waals surface area contributed by atoms with Crippen LogP contribution in [-0.2, 0) is 6.54 Å². The molecule has 1 saturated carbocycles. The van der Waals surface area contributed by atoms with Crippen LogP contribution in [0.2, 0.25) is 0 Å². The van der Waals surface area contributed by atoms with Crippen molar-refractivity contribution >= 4 is 0 Å². The van der Waals surface area contributed by atoms with Gasteiger partial charge in [0.05, 0.1) is 12.4 Å². The van der Waals surface area contributed by atoms with E-state index in [-0.39, 0.29) is 0 Å². The first kappa shape index (κ1) is 10.4. The third-order valence-electron chi connectivity index (χ3n) is 3.04. The van der Waals surface area contributed by atoms with Crippen LogP contribution in [-0.4, -0.2) is 25.8 Å². The fraction of sp³-hybridized carbons (Fsp3) is 0.417. The zero-order valence-electron chi connectivity index (χ0n) is 9.80. The van der Waals surface area contributed by atoms with Crippen molar-refractivity contribution in [1.29, 1.82) is 0 Å². The molecule has 0 unspecified atom stereocenters. The third-order valence-corrected chi connectivity index (χ3v) is 3.04. The van der Waals surface area contributed by atoms with Crippen LogP contribution in [0.1, 0.15) is 24.1 Å². The summed E-state index contributed by atoms with van der Waals surface area (Å²) in [4.78, 5) is 8.30. The lowest BCUT2D eigenvalue weighted by Crippen LogP contribution is -2.15. The molecule has 0 radical (unpaired) electrons. The monoisotopic (exact) mass is 229 g/mol. The van der Waals surface area contributed by atoms with E-state index in [0.29, 0.717) is 6.04 Å². The minimum absolute atomic E-state index is 0.717. The van der Waals surface area contributed by atoms with Crippen molar-refractivity contribution < 1.29 is 0 Å². The molecule has 0 amide bonds. The van der Waals surface area contributed by atoms with Crippen LogP contribution < -0.4 is 5.32 Å². The van der Waals surface area contributed by atoms with E-state index in [9.17, 15) is 0 Å². The molecule has 1 N–H and O–H groups in total. The zero-order valence-corrected chi connectivity index (χ0v) is 9.80. The second-order valence-electron chi connectivity index (χ2n) is 4.39. The molecule has 88 valence electrons. The highest BCUT2D eigenvalue weighted by molar-refractivity contribution is 5.26. The molecule has 5 heteroatoms. The summed E-state index contributed by atoms with van der Waals surface area (Å²) in [6.07, 6.45) is 9.57. The highest BCUT2D eigenvalue weighted by Crippen LogP contribution is 2.20. The van der Waals surface area contributed by atoms with E-state index in [4.69, 9.17) is 0 Å². The molecule has 0 aromatic carbocycles. The Kier molecular flexibility index (Phi) is 2.60. The molecule has 1 aliphatic carbocycles. The maximum Gasteiger partial charge on any atom is 0.172 e. The molecule has 1 aliphatic rings. The van der Waals surface area contributed by atoms with Gasteiger partial charge in [0.25, 0.3) is 0 Å². The van der Waals surface area contributed by atoms with Gasteiger partial charge >= 0.3 is 0 Å². The molecule has 5 nitrogen and oxygen atoms in total. The smallest absolute Gasteiger partial charge is 0.172 e. The second kappa shape index (κ2) is 4.25. The van der Waals surface area contributed by atoms with Gasteiger partial charge in [-0.05, 0) is 19.8 Å². The summed E-state index contributed by atoms with van der Waals surface area (Å²) in [5.41, 5.74) is 2.35. The normalized spacial score (nSPS) is 15.1. The van der Waals surface area contributed by atoms with Crippen molar-refractivity contribution in [2.45, 2.75) is 32.4 Å². The van der Waals surface area contributed by atoms with E-state index in [1.54, 1.807) is 18.6 Å². The van der Waals surface area contributed by atoms with Crippen molar-refractivity contribution in [3.8, 4) is 5.82 Å². The van der Waals surface area contributed by atoms with Gasteiger partial charge in [0.15, 0.2) is 5.82 Å². The molecule has 2 aromatic heterocycles. The molecule has 2 heterocycles. The van der Waals surface area contributed by atoms with Gasteiger partial charge in [0, 0.05) is 36.2 Å². The van der Waals surface area contributed by atoms with Crippen LogP contribution >= 0.6 is 0 Å². The topological polar surface area (TPSA) is 55.6 Å². The molecular formula is C12H15N5. The number of nitrogens with one attached hydrogen (secondary N) is 1. The van der Waals surface area contributed by atoms with Gasteiger partial charge in [-0.1, -0.05) is 0 Å². The molecule has 3 rings (SSSR count). The molecule has 2 aromatic rings. The third kappa shape index (κ3) is 2.19. The molecule has 0 aliphatic heterocycles. The van der Waals surface area contributed by atoms with Crippen molar-refractivity contribution in [1.82, 2.24) is 25.1 Å². The first-order valence-corrected chi connectivity index (χ1v) is 5.88. The Balaban J connectivity index is 1.81. The van der Waals surface area contributed by atoms with Gasteiger partial charge in [0.1, 0.15) is 0 Å². The zero-order chi connectivity index (χ0) is 11.7. The lowest BCUT2D eigenvalue weighted by Gasteiger charge is -2.04. The molecule has 1 fully saturated rings. The second-order valence-corrected chi connectivity index (χ2v) is 4.39. The molecule has 0 bridgehead atoms. The Morgan fingerprint density at radius 2 is 2.24 bits per heavy atom. The van der Waals surface area contributed by atoms with E-state index < -0.39 is 0 Å². The van der Waals surface area contributed by atoms with E-state index in [0.717, 1.165) is 18.1 Å². The lowest BCUT2D eigenvalue weighted by atomic mass is 10.2. The average molecular weight is 229 g/mol. The van der Waals surface area contributed by atoms with Crippen molar-refractivity contribution in [3.05, 3.63) is 36.0 Å². The lowest BCUT2D eigenvalue weighted by molar-refractivity contribution is 0.683. The summed E-state index contributed by atoms with van der Waals surface area (Å²) >= 11 is 0. The summed E-state index contributed by atoms with van der Waals surface area (Å²) in [5, 5.41) is 7.85. The van der Waals surface area contributed by atoms with Gasteiger partial charge < -0.3 is 5.32 Å². The minimum Gasteiger partial charge on any atom is -0.310 e. The van der Waals surface area contributed by atoms with Crippen molar-refractivity contribution in [3.63, 3.8) is 0 Å². The van der Waals surface area contributed by atoms with Gasteiger partial charge in [-0.15, -0.1) is 0 Å². The Morgan fingerprint density at radius 1 is 1.35 bits per heavy atom. The number of nitrogens with zero attached hydrogens (tertiary/aromatic N) is 4. The van der Waals surface area contributed by atoms with Crippen LogP contribution in [0.3, 0.4) is 0 Å². The fourth-order valence-electron chi connectivity index (χ4n) is 1.79. The average Bonchev–Trinajstić information content (AvgIpc) is 3.12. The molecular weight excluding hydrogens is 214 g/mol. The number of hydrogen-bond acceptors (Lipinski definition) is 4. The predicted octanol–water partition coefficient (Wildman–Crippen LogP) is 1.22. The quantitative estimate of drug-likeness (QED) is 0.856. The van der Waals surface area contributed by atoms with Gasteiger partial charge in [-0.2, -0.15) is 5.10 Å². The standard InChI is InChI=1S/C12H15N5/c1-9-10(6-15-11-2-3-11)7-16-17(9)12-8-13-4-5-14-12/h4-5,7-8,11,15H,2-3,6H2,1H3. The van der Waals surface area contributed by atoms with Gasteiger partial charge in [-0.3, -0.25) is 4.98 Å². The van der Waals surface area contributed by atoms with Crippen molar-refractivity contribution in [2.24, 2.45) is 0 Å². The molecule has 0 saturated heterocycles. The fourth-order valence-corrected chi connectivity index (χ4v) is 1.79. The Hall–Kier alpha value is -1.75. The summed E-state index contributed by atoms with van der Waals surface area (Å²) in [6, 6.07) is 0.717. The Morgan fingerprint density at radius 3 is 2.94 bits per heavy atom. The van der Waals surface area contributed by atoms with E-state index >= 15 is 0 Å². The van der Waals surface area contributed by atoms with E-state index in [1.165, 1.54) is 18.4 Å². The minimum atomic E-state index is 0.717. The summed E-state index contributed by atoms with van der Waals surface area (Å²) in [6.45, 7) is 2.95. The summed E-state index contributed by atoms with van der Waals surface area (Å²) in [5.74, 6) is 0.766. The highest BCUT2D eigenvalue weighted by Gasteiger charge is 2.20. The summed E-state index contributed by atoms with van der Waals surface area (Å²) in [7, 11) is 0. The predicted molar refractivity (Wildman–Crippen MR) is 63.8 cm³/mol. The van der Waals surface area contributed by atoms with Crippen molar-refractivity contribution in [2.75, 3.05) is 0 Å².